The first-order chi connectivity index (χ1) is 21.2. The third kappa shape index (κ3) is 4.67. The van der Waals surface area contributed by atoms with E-state index in [1.165, 1.54) is 26.9 Å². The summed E-state index contributed by atoms with van der Waals surface area (Å²) in [6.45, 7) is 8.45. The number of anilines is 4. The maximum atomic E-state index is 4.38. The molecule has 0 fully saturated rings. The summed E-state index contributed by atoms with van der Waals surface area (Å²) in [7, 11) is 0. The summed E-state index contributed by atoms with van der Waals surface area (Å²) in [5.41, 5.74) is 9.43. The zero-order valence-electron chi connectivity index (χ0n) is 23.8. The SMILES string of the molecule is C=CC(=C)N(c1ccccc1)c1cc2c3ccccc3c(N(C3=CC=C=CC=C3)c3ccccc3)cc2c2ccccc12. The van der Waals surface area contributed by atoms with Crippen LogP contribution in [0.15, 0.2) is 188 Å². The number of rotatable bonds is 7. The molecular weight excluding hydrogens is 520 g/mol. The molecule has 7 rings (SSSR count). The van der Waals surface area contributed by atoms with Gasteiger partial charge in [0.2, 0.25) is 0 Å². The quantitative estimate of drug-likeness (QED) is 0.111. The number of hydrogen-bond donors (Lipinski definition) is 0. The van der Waals surface area contributed by atoms with Crippen molar-refractivity contribution in [3.8, 4) is 0 Å². The average Bonchev–Trinajstić information content (AvgIpc) is 3.36. The molecule has 0 spiro atoms. The van der Waals surface area contributed by atoms with Gasteiger partial charge >= 0.3 is 0 Å². The number of para-hydroxylation sites is 2. The first kappa shape index (κ1) is 26.1. The number of nitrogens with zero attached hydrogens (tertiary/aromatic N) is 2. The van der Waals surface area contributed by atoms with Gasteiger partial charge in [0.15, 0.2) is 0 Å². The second kappa shape index (κ2) is 11.2. The Labute approximate surface area is 252 Å². The summed E-state index contributed by atoms with van der Waals surface area (Å²) in [5.74, 6) is 0. The maximum absolute atomic E-state index is 4.38. The molecule has 2 nitrogen and oxygen atoms in total. The van der Waals surface area contributed by atoms with Crippen LogP contribution >= 0.6 is 0 Å². The van der Waals surface area contributed by atoms with Crippen LogP contribution in [-0.2, 0) is 0 Å². The summed E-state index contributed by atoms with van der Waals surface area (Å²) >= 11 is 0. The van der Waals surface area contributed by atoms with Crippen LogP contribution in [0.5, 0.6) is 0 Å². The van der Waals surface area contributed by atoms with Crippen LogP contribution in [0.25, 0.3) is 32.3 Å². The second-order valence-corrected chi connectivity index (χ2v) is 10.5. The standard InChI is InChI=1S/C41H30N2/c1-3-30(2)42(31-18-10-6-11-19-31)40-28-38-35-25-15-17-27-37(35)41(29-39(38)34-24-14-16-26-36(34)40)43(33-22-12-7-13-23-33)32-20-8-4-5-9-21-32/h3-4,6-29H,1-2H2. The summed E-state index contributed by atoms with van der Waals surface area (Å²) < 4.78 is 0. The first-order valence-electron chi connectivity index (χ1n) is 14.4. The highest BCUT2D eigenvalue weighted by atomic mass is 15.2. The number of hydrogen-bond acceptors (Lipinski definition) is 2. The molecule has 0 bridgehead atoms. The normalized spacial score (nSPS) is 12.3. The molecule has 0 aromatic heterocycles. The van der Waals surface area contributed by atoms with Gasteiger partial charge in [-0.15, -0.1) is 5.73 Å². The largest absolute Gasteiger partial charge is 0.310 e. The molecule has 0 unspecified atom stereocenters. The van der Waals surface area contributed by atoms with Gasteiger partial charge in [-0.3, -0.25) is 0 Å². The monoisotopic (exact) mass is 550 g/mol. The van der Waals surface area contributed by atoms with Crippen molar-refractivity contribution < 1.29 is 0 Å². The Balaban J connectivity index is 1.58. The molecule has 0 amide bonds. The topological polar surface area (TPSA) is 6.48 Å². The van der Waals surface area contributed by atoms with E-state index in [1.54, 1.807) is 0 Å². The highest BCUT2D eigenvalue weighted by Gasteiger charge is 2.21. The fourth-order valence-corrected chi connectivity index (χ4v) is 6.01. The lowest BCUT2D eigenvalue weighted by molar-refractivity contribution is 1.22. The van der Waals surface area contributed by atoms with Crippen molar-refractivity contribution in [1.29, 1.82) is 0 Å². The Morgan fingerprint density at radius 3 is 1.74 bits per heavy atom. The van der Waals surface area contributed by atoms with Crippen LogP contribution in [0, 0.1) is 0 Å². The molecule has 0 aliphatic heterocycles. The zero-order valence-corrected chi connectivity index (χ0v) is 23.8. The molecule has 0 saturated heterocycles. The Morgan fingerprint density at radius 2 is 1.12 bits per heavy atom. The fourth-order valence-electron chi connectivity index (χ4n) is 6.01. The van der Waals surface area contributed by atoms with Gasteiger partial charge in [0.25, 0.3) is 0 Å². The van der Waals surface area contributed by atoms with E-state index in [1.807, 2.05) is 30.4 Å². The van der Waals surface area contributed by atoms with E-state index in [0.717, 1.165) is 39.5 Å². The van der Waals surface area contributed by atoms with E-state index < -0.39 is 0 Å². The lowest BCUT2D eigenvalue weighted by Gasteiger charge is -2.30. The third-order valence-electron chi connectivity index (χ3n) is 7.94. The molecule has 204 valence electrons. The van der Waals surface area contributed by atoms with Crippen LogP contribution in [0.4, 0.5) is 22.7 Å². The number of benzene rings is 6. The van der Waals surface area contributed by atoms with E-state index in [-0.39, 0.29) is 0 Å². The van der Waals surface area contributed by atoms with Gasteiger partial charge in [0.05, 0.1) is 11.4 Å². The highest BCUT2D eigenvalue weighted by Crippen LogP contribution is 2.45. The molecule has 0 heterocycles. The van der Waals surface area contributed by atoms with Crippen molar-refractivity contribution in [2.45, 2.75) is 0 Å². The number of allylic oxidation sites excluding steroid dienone is 5. The predicted octanol–water partition coefficient (Wildman–Crippen LogP) is 11.3. The average molecular weight is 551 g/mol. The van der Waals surface area contributed by atoms with Crippen LogP contribution < -0.4 is 9.80 Å². The molecule has 6 aromatic rings. The first-order valence-corrected chi connectivity index (χ1v) is 14.4. The molecule has 1 aliphatic rings. The van der Waals surface area contributed by atoms with Crippen LogP contribution in [0.2, 0.25) is 0 Å². The molecule has 0 N–H and O–H groups in total. The van der Waals surface area contributed by atoms with Crippen LogP contribution in [0.3, 0.4) is 0 Å². The molecule has 2 heteroatoms. The van der Waals surface area contributed by atoms with Gasteiger partial charge < -0.3 is 9.80 Å². The molecule has 0 saturated carbocycles. The van der Waals surface area contributed by atoms with E-state index in [4.69, 9.17) is 0 Å². The van der Waals surface area contributed by atoms with Crippen molar-refractivity contribution in [3.05, 3.63) is 188 Å². The Bertz CT molecular complexity index is 2140. The van der Waals surface area contributed by atoms with Gasteiger partial charge in [-0.05, 0) is 88.3 Å². The van der Waals surface area contributed by atoms with Crippen LogP contribution in [0.1, 0.15) is 0 Å². The third-order valence-corrected chi connectivity index (χ3v) is 7.94. The summed E-state index contributed by atoms with van der Waals surface area (Å²) in [6.07, 6.45) is 12.0. The van der Waals surface area contributed by atoms with Gasteiger partial charge in [-0.1, -0.05) is 104 Å². The minimum absolute atomic E-state index is 0.820. The van der Waals surface area contributed by atoms with Crippen molar-refractivity contribution in [1.82, 2.24) is 0 Å². The van der Waals surface area contributed by atoms with E-state index in [9.17, 15) is 0 Å². The maximum Gasteiger partial charge on any atom is 0.0546 e. The summed E-state index contributed by atoms with van der Waals surface area (Å²) in [4.78, 5) is 4.54. The lowest BCUT2D eigenvalue weighted by Crippen LogP contribution is -2.16. The Hall–Kier alpha value is -5.82. The van der Waals surface area contributed by atoms with Gasteiger partial charge in [0.1, 0.15) is 0 Å². The minimum atomic E-state index is 0.820. The van der Waals surface area contributed by atoms with Crippen molar-refractivity contribution in [3.63, 3.8) is 0 Å². The van der Waals surface area contributed by atoms with Gasteiger partial charge in [0, 0.05) is 33.5 Å². The van der Waals surface area contributed by atoms with Crippen molar-refractivity contribution >= 4 is 55.1 Å². The molecule has 0 atom stereocenters. The Kier molecular flexibility index (Phi) is 6.81. The van der Waals surface area contributed by atoms with Gasteiger partial charge in [-0.25, -0.2) is 0 Å². The molecule has 0 radical (unpaired) electrons. The Morgan fingerprint density at radius 1 is 0.581 bits per heavy atom. The predicted molar refractivity (Wildman–Crippen MR) is 185 cm³/mol. The van der Waals surface area contributed by atoms with Crippen molar-refractivity contribution in [2.75, 3.05) is 9.80 Å². The highest BCUT2D eigenvalue weighted by molar-refractivity contribution is 6.24. The van der Waals surface area contributed by atoms with E-state index in [0.29, 0.717) is 0 Å². The minimum Gasteiger partial charge on any atom is -0.310 e. The molecule has 43 heavy (non-hydrogen) atoms. The molecular formula is C41H30N2. The van der Waals surface area contributed by atoms with E-state index in [2.05, 4.69) is 156 Å². The molecule has 1 aliphatic carbocycles. The number of fused-ring (bicyclic) bond motifs is 5. The lowest BCUT2D eigenvalue weighted by atomic mass is 9.93. The fraction of sp³-hybridized carbons (Fsp3) is 0. The zero-order chi connectivity index (χ0) is 29.2. The molecule has 6 aromatic carbocycles. The summed E-state index contributed by atoms with van der Waals surface area (Å²) in [5, 5.41) is 7.06. The van der Waals surface area contributed by atoms with Gasteiger partial charge in [-0.2, -0.15) is 0 Å². The summed E-state index contributed by atoms with van der Waals surface area (Å²) in [6, 6.07) is 43.0. The smallest absolute Gasteiger partial charge is 0.0546 e. The van der Waals surface area contributed by atoms with Crippen molar-refractivity contribution in [2.24, 2.45) is 0 Å². The van der Waals surface area contributed by atoms with Crippen LogP contribution in [-0.4, -0.2) is 0 Å². The second-order valence-electron chi connectivity index (χ2n) is 10.5. The van der Waals surface area contributed by atoms with E-state index >= 15 is 0 Å².